The summed E-state index contributed by atoms with van der Waals surface area (Å²) >= 11 is 0. The zero-order chi connectivity index (χ0) is 25.5. The Morgan fingerprint density at radius 3 is 2.50 bits per heavy atom. The SMILES string of the molecule is CS(=O)(=O)c1ccc(-n2ncc3c(NC4CCN(c5ccccn5)CC4C(F)(F)F)ncnc32)cc1. The summed E-state index contributed by atoms with van der Waals surface area (Å²) in [5.41, 5.74) is 0.938. The van der Waals surface area contributed by atoms with Crippen LogP contribution in [0.1, 0.15) is 6.42 Å². The van der Waals surface area contributed by atoms with Gasteiger partial charge in [0.25, 0.3) is 0 Å². The van der Waals surface area contributed by atoms with E-state index in [4.69, 9.17) is 0 Å². The van der Waals surface area contributed by atoms with Crippen LogP contribution in [0.2, 0.25) is 0 Å². The molecule has 5 rings (SSSR count). The van der Waals surface area contributed by atoms with Gasteiger partial charge in [0.1, 0.15) is 18.0 Å². The lowest BCUT2D eigenvalue weighted by Crippen LogP contribution is -2.52. The highest BCUT2D eigenvalue weighted by Gasteiger charge is 2.48. The second kappa shape index (κ2) is 9.04. The number of pyridine rings is 1. The van der Waals surface area contributed by atoms with Crippen LogP contribution in [-0.2, 0) is 9.84 Å². The summed E-state index contributed by atoms with van der Waals surface area (Å²) < 4.78 is 67.1. The van der Waals surface area contributed by atoms with Gasteiger partial charge in [-0.3, -0.25) is 0 Å². The van der Waals surface area contributed by atoms with Crippen LogP contribution in [0.3, 0.4) is 0 Å². The molecule has 0 spiro atoms. The van der Waals surface area contributed by atoms with E-state index in [1.807, 2.05) is 0 Å². The predicted octanol–water partition coefficient (Wildman–Crippen LogP) is 3.48. The number of benzene rings is 1. The number of anilines is 2. The molecule has 36 heavy (non-hydrogen) atoms. The number of piperidine rings is 1. The van der Waals surface area contributed by atoms with Crippen LogP contribution in [0, 0.1) is 5.92 Å². The molecule has 1 aliphatic heterocycles. The molecule has 1 aliphatic rings. The van der Waals surface area contributed by atoms with Crippen molar-refractivity contribution in [3.8, 4) is 5.69 Å². The molecule has 1 saturated heterocycles. The van der Waals surface area contributed by atoms with Crippen LogP contribution >= 0.6 is 0 Å². The average Bonchev–Trinajstić information content (AvgIpc) is 3.29. The monoisotopic (exact) mass is 517 g/mol. The summed E-state index contributed by atoms with van der Waals surface area (Å²) in [6.07, 6.45) is 1.22. The number of fused-ring (bicyclic) bond motifs is 1. The number of nitrogens with one attached hydrogen (secondary N) is 1. The first-order chi connectivity index (χ1) is 17.1. The molecular formula is C23H22F3N7O2S. The van der Waals surface area contributed by atoms with Crippen molar-refractivity contribution in [1.82, 2.24) is 24.7 Å². The van der Waals surface area contributed by atoms with Crippen molar-refractivity contribution in [2.45, 2.75) is 23.5 Å². The fraction of sp³-hybridized carbons (Fsp3) is 0.304. The number of hydrogen-bond acceptors (Lipinski definition) is 8. The first-order valence-corrected chi connectivity index (χ1v) is 13.0. The van der Waals surface area contributed by atoms with Gasteiger partial charge in [-0.2, -0.15) is 18.3 Å². The molecule has 0 aliphatic carbocycles. The van der Waals surface area contributed by atoms with Gasteiger partial charge in [-0.15, -0.1) is 0 Å². The van der Waals surface area contributed by atoms with Crippen LogP contribution in [0.4, 0.5) is 24.8 Å². The van der Waals surface area contributed by atoms with Crippen LogP contribution in [-0.4, -0.2) is 64.7 Å². The van der Waals surface area contributed by atoms with E-state index in [9.17, 15) is 21.6 Å². The third-order valence-electron chi connectivity index (χ3n) is 6.20. The van der Waals surface area contributed by atoms with Gasteiger partial charge >= 0.3 is 6.18 Å². The molecule has 0 saturated carbocycles. The maximum Gasteiger partial charge on any atom is 0.395 e. The second-order valence-corrected chi connectivity index (χ2v) is 10.6. The standard InChI is InChI=1S/C23H22F3N7O2S/c1-36(34,35)16-7-5-15(6-8-16)33-22-17(12-30-33)21(28-14-29-22)31-19-9-11-32(13-18(19)23(24,25)26)20-4-2-3-10-27-20/h2-8,10,12,14,18-19H,9,11,13H2,1H3,(H,28,29,31). The van der Waals surface area contributed by atoms with Gasteiger partial charge in [0.05, 0.1) is 28.1 Å². The molecule has 2 unspecified atom stereocenters. The summed E-state index contributed by atoms with van der Waals surface area (Å²) in [5, 5.41) is 7.77. The fourth-order valence-corrected chi connectivity index (χ4v) is 4.99. The number of aromatic nitrogens is 5. The lowest BCUT2D eigenvalue weighted by molar-refractivity contribution is -0.178. The minimum absolute atomic E-state index is 0.162. The van der Waals surface area contributed by atoms with Crippen molar-refractivity contribution in [3.63, 3.8) is 0 Å². The largest absolute Gasteiger partial charge is 0.395 e. The molecule has 4 aromatic rings. The molecule has 0 bridgehead atoms. The van der Waals surface area contributed by atoms with E-state index in [2.05, 4.69) is 25.4 Å². The van der Waals surface area contributed by atoms with Crippen molar-refractivity contribution >= 4 is 32.5 Å². The van der Waals surface area contributed by atoms with Crippen molar-refractivity contribution in [3.05, 3.63) is 61.2 Å². The normalized spacial score (nSPS) is 18.9. The molecule has 1 fully saturated rings. The second-order valence-electron chi connectivity index (χ2n) is 8.60. The van der Waals surface area contributed by atoms with Gasteiger partial charge in [-0.1, -0.05) is 6.07 Å². The van der Waals surface area contributed by atoms with Gasteiger partial charge in [-0.05, 0) is 42.8 Å². The van der Waals surface area contributed by atoms with Crippen LogP contribution in [0.15, 0.2) is 66.1 Å². The Kier molecular flexibility index (Phi) is 6.02. The fourth-order valence-electron chi connectivity index (χ4n) is 4.36. The smallest absolute Gasteiger partial charge is 0.366 e. The van der Waals surface area contributed by atoms with Gasteiger partial charge < -0.3 is 10.2 Å². The lowest BCUT2D eigenvalue weighted by atomic mass is 9.91. The van der Waals surface area contributed by atoms with E-state index in [1.165, 1.54) is 29.3 Å². The summed E-state index contributed by atoms with van der Waals surface area (Å²) in [7, 11) is -3.36. The van der Waals surface area contributed by atoms with E-state index in [1.54, 1.807) is 41.4 Å². The maximum atomic E-state index is 14.1. The highest BCUT2D eigenvalue weighted by molar-refractivity contribution is 7.90. The van der Waals surface area contributed by atoms with Crippen molar-refractivity contribution in [2.24, 2.45) is 5.92 Å². The molecule has 188 valence electrons. The summed E-state index contributed by atoms with van der Waals surface area (Å²) in [4.78, 5) is 14.5. The zero-order valence-corrected chi connectivity index (χ0v) is 19.9. The van der Waals surface area contributed by atoms with Gasteiger partial charge in [-0.25, -0.2) is 28.1 Å². The Morgan fingerprint density at radius 2 is 1.83 bits per heavy atom. The maximum absolute atomic E-state index is 14.1. The summed E-state index contributed by atoms with van der Waals surface area (Å²) in [6, 6.07) is 10.4. The third-order valence-corrected chi connectivity index (χ3v) is 7.33. The molecule has 1 N–H and O–H groups in total. The number of rotatable bonds is 5. The average molecular weight is 518 g/mol. The van der Waals surface area contributed by atoms with Crippen LogP contribution in [0.25, 0.3) is 16.7 Å². The van der Waals surface area contributed by atoms with Crippen molar-refractivity contribution < 1.29 is 21.6 Å². The zero-order valence-electron chi connectivity index (χ0n) is 19.1. The Bertz CT molecular complexity index is 1480. The molecule has 4 heterocycles. The topological polar surface area (TPSA) is 106 Å². The quantitative estimate of drug-likeness (QED) is 0.429. The Morgan fingerprint density at radius 1 is 1.06 bits per heavy atom. The van der Waals surface area contributed by atoms with Crippen LogP contribution < -0.4 is 10.2 Å². The lowest BCUT2D eigenvalue weighted by Gasteiger charge is -2.40. The van der Waals surface area contributed by atoms with Gasteiger partial charge in [0.15, 0.2) is 15.5 Å². The summed E-state index contributed by atoms with van der Waals surface area (Å²) in [5.74, 6) is -0.876. The number of sulfone groups is 1. The van der Waals surface area contributed by atoms with E-state index in [0.29, 0.717) is 29.1 Å². The molecule has 0 radical (unpaired) electrons. The van der Waals surface area contributed by atoms with Crippen LogP contribution in [0.5, 0.6) is 0 Å². The predicted molar refractivity (Wildman–Crippen MR) is 128 cm³/mol. The first-order valence-electron chi connectivity index (χ1n) is 11.1. The number of nitrogens with zero attached hydrogens (tertiary/aromatic N) is 6. The highest BCUT2D eigenvalue weighted by atomic mass is 32.2. The van der Waals surface area contributed by atoms with E-state index in [-0.39, 0.29) is 23.7 Å². The third kappa shape index (κ3) is 4.70. The van der Waals surface area contributed by atoms with Gasteiger partial charge in [0, 0.05) is 31.6 Å². The Hall–Kier alpha value is -3.74. The molecule has 13 heteroatoms. The summed E-state index contributed by atoms with van der Waals surface area (Å²) in [6.45, 7) is 0.180. The van der Waals surface area contributed by atoms with Crippen molar-refractivity contribution in [2.75, 3.05) is 29.6 Å². The van der Waals surface area contributed by atoms with Crippen molar-refractivity contribution in [1.29, 1.82) is 0 Å². The van der Waals surface area contributed by atoms with E-state index in [0.717, 1.165) is 6.26 Å². The molecule has 3 aromatic heterocycles. The van der Waals surface area contributed by atoms with E-state index < -0.39 is 28.0 Å². The number of alkyl halides is 3. The molecule has 2 atom stereocenters. The first kappa shape index (κ1) is 24.0. The number of hydrogen-bond donors (Lipinski definition) is 1. The highest BCUT2D eigenvalue weighted by Crippen LogP contribution is 2.36. The molecule has 0 amide bonds. The van der Waals surface area contributed by atoms with E-state index >= 15 is 0 Å². The minimum atomic E-state index is -4.43. The Balaban J connectivity index is 1.42. The minimum Gasteiger partial charge on any atom is -0.366 e. The van der Waals surface area contributed by atoms with Gasteiger partial charge in [0.2, 0.25) is 0 Å². The molecule has 9 nitrogen and oxygen atoms in total. The number of halogens is 3. The molecule has 1 aromatic carbocycles. The molecular weight excluding hydrogens is 495 g/mol. The Labute approximate surface area is 204 Å².